The number of hydrogen-bond acceptors (Lipinski definition) is 4. The van der Waals surface area contributed by atoms with Crippen molar-refractivity contribution in [1.29, 1.82) is 0 Å². The standard InChI is InChI=1S/C23H17ClN2O3/c1-29-19-13-7-15(8-14-19)20-21(25-17-5-3-2-4-6-17)23(28)26(22(20)27)18-11-9-16(24)10-12-18/h2-14,25H,1H3. The number of anilines is 2. The van der Waals surface area contributed by atoms with Gasteiger partial charge in [0, 0.05) is 10.7 Å². The van der Waals surface area contributed by atoms with Gasteiger partial charge in [-0.05, 0) is 54.1 Å². The predicted molar refractivity (Wildman–Crippen MR) is 114 cm³/mol. The third kappa shape index (κ3) is 3.60. The zero-order valence-electron chi connectivity index (χ0n) is 15.6. The number of hydrogen-bond donors (Lipinski definition) is 1. The number of carbonyl (C=O) groups excluding carboxylic acids is 2. The van der Waals surface area contributed by atoms with Gasteiger partial charge in [0.2, 0.25) is 0 Å². The minimum absolute atomic E-state index is 0.223. The van der Waals surface area contributed by atoms with Crippen LogP contribution < -0.4 is 15.0 Å². The summed E-state index contributed by atoms with van der Waals surface area (Å²) in [5.41, 5.74) is 2.32. The number of carbonyl (C=O) groups is 2. The number of nitrogens with zero attached hydrogens (tertiary/aromatic N) is 1. The normalized spacial score (nSPS) is 13.8. The van der Waals surface area contributed by atoms with Crippen molar-refractivity contribution in [2.45, 2.75) is 0 Å². The largest absolute Gasteiger partial charge is 0.497 e. The van der Waals surface area contributed by atoms with Crippen LogP contribution in [0.5, 0.6) is 5.75 Å². The highest BCUT2D eigenvalue weighted by atomic mass is 35.5. The zero-order chi connectivity index (χ0) is 20.4. The number of methoxy groups -OCH3 is 1. The van der Waals surface area contributed by atoms with E-state index >= 15 is 0 Å². The average Bonchev–Trinajstić information content (AvgIpc) is 2.99. The first-order valence-corrected chi connectivity index (χ1v) is 9.31. The van der Waals surface area contributed by atoms with Gasteiger partial charge in [-0.15, -0.1) is 0 Å². The van der Waals surface area contributed by atoms with E-state index in [-0.39, 0.29) is 5.70 Å². The topological polar surface area (TPSA) is 58.6 Å². The summed E-state index contributed by atoms with van der Waals surface area (Å²) in [6, 6.07) is 22.9. The first kappa shape index (κ1) is 18.8. The van der Waals surface area contributed by atoms with Crippen molar-refractivity contribution in [2.75, 3.05) is 17.3 Å². The van der Waals surface area contributed by atoms with Crippen LogP contribution in [0.1, 0.15) is 5.56 Å². The highest BCUT2D eigenvalue weighted by Gasteiger charge is 2.40. The van der Waals surface area contributed by atoms with Crippen LogP contribution in [0.25, 0.3) is 5.57 Å². The first-order chi connectivity index (χ1) is 14.1. The Bertz CT molecular complexity index is 1090. The molecule has 3 aromatic carbocycles. The fourth-order valence-electron chi connectivity index (χ4n) is 3.16. The molecule has 0 atom stereocenters. The highest BCUT2D eigenvalue weighted by molar-refractivity contribution is 6.46. The SMILES string of the molecule is COc1ccc(C2=C(Nc3ccccc3)C(=O)N(c3ccc(Cl)cc3)C2=O)cc1. The lowest BCUT2D eigenvalue weighted by Gasteiger charge is -2.15. The molecule has 0 aliphatic carbocycles. The van der Waals surface area contributed by atoms with Gasteiger partial charge in [0.05, 0.1) is 18.4 Å². The fourth-order valence-corrected chi connectivity index (χ4v) is 3.29. The van der Waals surface area contributed by atoms with Crippen LogP contribution in [-0.4, -0.2) is 18.9 Å². The molecule has 0 radical (unpaired) electrons. The number of imide groups is 1. The molecule has 0 bridgehead atoms. The Morgan fingerprint density at radius 1 is 0.828 bits per heavy atom. The Morgan fingerprint density at radius 3 is 2.10 bits per heavy atom. The molecule has 1 aliphatic rings. The van der Waals surface area contributed by atoms with E-state index < -0.39 is 11.8 Å². The van der Waals surface area contributed by atoms with Crippen LogP contribution in [0.15, 0.2) is 84.6 Å². The second kappa shape index (κ2) is 7.81. The molecule has 1 aliphatic heterocycles. The van der Waals surface area contributed by atoms with E-state index in [1.54, 1.807) is 55.6 Å². The van der Waals surface area contributed by atoms with Crippen LogP contribution in [0.4, 0.5) is 11.4 Å². The second-order valence-corrected chi connectivity index (χ2v) is 6.83. The molecule has 0 unspecified atom stereocenters. The predicted octanol–water partition coefficient (Wildman–Crippen LogP) is 4.75. The Morgan fingerprint density at radius 2 is 1.48 bits per heavy atom. The summed E-state index contributed by atoms with van der Waals surface area (Å²) in [5.74, 6) is -0.161. The van der Waals surface area contributed by atoms with Crippen molar-refractivity contribution in [3.8, 4) is 5.75 Å². The minimum atomic E-state index is -0.424. The van der Waals surface area contributed by atoms with Crippen molar-refractivity contribution in [2.24, 2.45) is 0 Å². The molecule has 4 rings (SSSR count). The van der Waals surface area contributed by atoms with E-state index in [9.17, 15) is 9.59 Å². The molecule has 5 nitrogen and oxygen atoms in total. The number of benzene rings is 3. The number of halogens is 1. The van der Waals surface area contributed by atoms with E-state index in [0.717, 1.165) is 4.90 Å². The Kier molecular flexibility index (Phi) is 5.06. The van der Waals surface area contributed by atoms with Crippen molar-refractivity contribution in [1.82, 2.24) is 0 Å². The van der Waals surface area contributed by atoms with E-state index in [1.165, 1.54) is 0 Å². The minimum Gasteiger partial charge on any atom is -0.497 e. The van der Waals surface area contributed by atoms with E-state index in [0.29, 0.717) is 33.3 Å². The number of amides is 2. The number of rotatable bonds is 5. The smallest absolute Gasteiger partial charge is 0.282 e. The third-order valence-electron chi connectivity index (χ3n) is 4.59. The Labute approximate surface area is 173 Å². The molecule has 0 spiro atoms. The number of para-hydroxylation sites is 1. The van der Waals surface area contributed by atoms with Crippen molar-refractivity contribution < 1.29 is 14.3 Å². The van der Waals surface area contributed by atoms with Crippen LogP contribution in [0.2, 0.25) is 5.02 Å². The fraction of sp³-hybridized carbons (Fsp3) is 0.0435. The van der Waals surface area contributed by atoms with Gasteiger partial charge in [0.15, 0.2) is 0 Å². The molecule has 0 aromatic heterocycles. The molecule has 0 saturated heterocycles. The van der Waals surface area contributed by atoms with Crippen molar-refractivity contribution in [3.63, 3.8) is 0 Å². The van der Waals surface area contributed by atoms with Gasteiger partial charge in [-0.1, -0.05) is 41.9 Å². The van der Waals surface area contributed by atoms with Gasteiger partial charge < -0.3 is 10.1 Å². The second-order valence-electron chi connectivity index (χ2n) is 6.39. The summed E-state index contributed by atoms with van der Waals surface area (Å²) in [5, 5.41) is 3.65. The maximum absolute atomic E-state index is 13.3. The van der Waals surface area contributed by atoms with Crippen LogP contribution in [0, 0.1) is 0 Å². The Balaban J connectivity index is 1.80. The van der Waals surface area contributed by atoms with E-state index in [2.05, 4.69) is 5.32 Å². The summed E-state index contributed by atoms with van der Waals surface area (Å²) in [4.78, 5) is 27.7. The lowest BCUT2D eigenvalue weighted by molar-refractivity contribution is -0.120. The Hall–Kier alpha value is -3.57. The monoisotopic (exact) mass is 404 g/mol. The van der Waals surface area contributed by atoms with E-state index in [1.807, 2.05) is 30.3 Å². The molecule has 0 saturated carbocycles. The van der Waals surface area contributed by atoms with Crippen molar-refractivity contribution >= 4 is 40.4 Å². The van der Waals surface area contributed by atoms with Gasteiger partial charge in [-0.3, -0.25) is 9.59 Å². The van der Waals surface area contributed by atoms with Gasteiger partial charge in [-0.2, -0.15) is 0 Å². The molecule has 2 amide bonds. The van der Waals surface area contributed by atoms with Gasteiger partial charge >= 0.3 is 0 Å². The molecular weight excluding hydrogens is 388 g/mol. The summed E-state index contributed by atoms with van der Waals surface area (Å²) < 4.78 is 5.20. The third-order valence-corrected chi connectivity index (χ3v) is 4.84. The molecule has 1 heterocycles. The number of ether oxygens (including phenoxy) is 1. The maximum Gasteiger partial charge on any atom is 0.282 e. The lowest BCUT2D eigenvalue weighted by Crippen LogP contribution is -2.32. The summed E-state index contributed by atoms with van der Waals surface area (Å²) in [7, 11) is 1.57. The van der Waals surface area contributed by atoms with E-state index in [4.69, 9.17) is 16.3 Å². The first-order valence-electron chi connectivity index (χ1n) is 8.93. The molecule has 6 heteroatoms. The summed E-state index contributed by atoms with van der Waals surface area (Å²) >= 11 is 5.96. The molecule has 3 aromatic rings. The van der Waals surface area contributed by atoms with Gasteiger partial charge in [0.25, 0.3) is 11.8 Å². The van der Waals surface area contributed by atoms with Gasteiger partial charge in [-0.25, -0.2) is 4.90 Å². The zero-order valence-corrected chi connectivity index (χ0v) is 16.3. The lowest BCUT2D eigenvalue weighted by atomic mass is 10.0. The molecule has 29 heavy (non-hydrogen) atoms. The van der Waals surface area contributed by atoms with Crippen molar-refractivity contribution in [3.05, 3.63) is 95.1 Å². The number of nitrogens with one attached hydrogen (secondary N) is 1. The van der Waals surface area contributed by atoms with Crippen LogP contribution in [0.3, 0.4) is 0 Å². The van der Waals surface area contributed by atoms with Crippen LogP contribution >= 0.6 is 11.6 Å². The quantitative estimate of drug-likeness (QED) is 0.624. The van der Waals surface area contributed by atoms with Gasteiger partial charge in [0.1, 0.15) is 11.4 Å². The van der Waals surface area contributed by atoms with Crippen LogP contribution in [-0.2, 0) is 9.59 Å². The average molecular weight is 405 g/mol. The molecular formula is C23H17ClN2O3. The highest BCUT2D eigenvalue weighted by Crippen LogP contribution is 2.34. The molecule has 0 fully saturated rings. The maximum atomic E-state index is 13.3. The molecule has 144 valence electrons. The molecule has 1 N–H and O–H groups in total. The summed E-state index contributed by atoms with van der Waals surface area (Å²) in [6.45, 7) is 0. The summed E-state index contributed by atoms with van der Waals surface area (Å²) in [6.07, 6.45) is 0.